The van der Waals surface area contributed by atoms with Gasteiger partial charge >= 0.3 is 6.03 Å². The molecule has 9 nitrogen and oxygen atoms in total. The third kappa shape index (κ3) is 5.78. The van der Waals surface area contributed by atoms with Gasteiger partial charge in [-0.25, -0.2) is 20.2 Å². The van der Waals surface area contributed by atoms with Gasteiger partial charge < -0.3 is 10.6 Å². The summed E-state index contributed by atoms with van der Waals surface area (Å²) in [6.45, 7) is 0. The van der Waals surface area contributed by atoms with E-state index >= 15 is 0 Å². The number of hydrogen-bond acceptors (Lipinski definition) is 6. The first kappa shape index (κ1) is 21.2. The van der Waals surface area contributed by atoms with Gasteiger partial charge in [0, 0.05) is 41.4 Å². The standard InChI is InChI=1S/C23H25N7O2/c31-21(29-30-23(32)27-18-4-2-1-3-5-18)17-6-8-19(9-7-17)26-22-25-15-12-20(28-22)16-10-13-24-14-11-16/h6-15,18H,1-5H2,(H,29,31)(H,25,26,28)(H2,27,30,32). The average Bonchev–Trinajstić information content (AvgIpc) is 2.84. The lowest BCUT2D eigenvalue weighted by atomic mass is 9.96. The maximum absolute atomic E-state index is 12.3. The summed E-state index contributed by atoms with van der Waals surface area (Å²) in [6.07, 6.45) is 10.5. The van der Waals surface area contributed by atoms with E-state index in [1.165, 1.54) is 6.42 Å². The SMILES string of the molecule is O=C(NNC(=O)c1ccc(Nc2nccc(-c3ccncc3)n2)cc1)NC1CCCCC1. The number of rotatable bonds is 5. The summed E-state index contributed by atoms with van der Waals surface area (Å²) < 4.78 is 0. The largest absolute Gasteiger partial charge is 0.334 e. The molecule has 0 saturated heterocycles. The van der Waals surface area contributed by atoms with Crippen molar-refractivity contribution in [2.75, 3.05) is 5.32 Å². The van der Waals surface area contributed by atoms with Crippen molar-refractivity contribution in [3.8, 4) is 11.3 Å². The van der Waals surface area contributed by atoms with Crippen molar-refractivity contribution in [2.45, 2.75) is 38.1 Å². The molecule has 2 heterocycles. The van der Waals surface area contributed by atoms with Crippen LogP contribution in [-0.2, 0) is 0 Å². The van der Waals surface area contributed by atoms with E-state index in [2.05, 4.69) is 36.4 Å². The molecule has 0 bridgehead atoms. The summed E-state index contributed by atoms with van der Waals surface area (Å²) in [4.78, 5) is 37.0. The molecule has 1 saturated carbocycles. The van der Waals surface area contributed by atoms with Crippen LogP contribution >= 0.6 is 0 Å². The lowest BCUT2D eigenvalue weighted by Gasteiger charge is -2.22. The van der Waals surface area contributed by atoms with Crippen molar-refractivity contribution in [1.29, 1.82) is 0 Å². The molecule has 164 valence electrons. The number of pyridine rings is 1. The molecule has 3 amide bonds. The summed E-state index contributed by atoms with van der Waals surface area (Å²) in [7, 11) is 0. The van der Waals surface area contributed by atoms with Gasteiger partial charge in [-0.2, -0.15) is 0 Å². The Balaban J connectivity index is 1.30. The molecule has 3 aromatic rings. The highest BCUT2D eigenvalue weighted by molar-refractivity contribution is 5.95. The lowest BCUT2D eigenvalue weighted by molar-refractivity contribution is 0.0935. The molecule has 0 aliphatic heterocycles. The normalized spacial score (nSPS) is 13.8. The number of carbonyl (C=O) groups is 2. The first-order valence-corrected chi connectivity index (χ1v) is 10.6. The highest BCUT2D eigenvalue weighted by atomic mass is 16.2. The molecule has 0 unspecified atom stereocenters. The van der Waals surface area contributed by atoms with Crippen LogP contribution in [0.1, 0.15) is 42.5 Å². The minimum Gasteiger partial charge on any atom is -0.334 e. The fourth-order valence-corrected chi connectivity index (χ4v) is 3.59. The fraction of sp³-hybridized carbons (Fsp3) is 0.261. The monoisotopic (exact) mass is 431 g/mol. The Kier molecular flexibility index (Phi) is 6.86. The molecule has 1 fully saturated rings. The smallest absolute Gasteiger partial charge is 0.333 e. The summed E-state index contributed by atoms with van der Waals surface area (Å²) in [6, 6.07) is 12.2. The van der Waals surface area contributed by atoms with Crippen LogP contribution in [0, 0.1) is 0 Å². The fourth-order valence-electron chi connectivity index (χ4n) is 3.59. The van der Waals surface area contributed by atoms with E-state index in [1.54, 1.807) is 42.9 Å². The van der Waals surface area contributed by atoms with Gasteiger partial charge in [-0.1, -0.05) is 19.3 Å². The molecule has 1 aliphatic carbocycles. The Hall–Kier alpha value is -4.01. The highest BCUT2D eigenvalue weighted by Crippen LogP contribution is 2.19. The van der Waals surface area contributed by atoms with Crippen LogP contribution in [0.5, 0.6) is 0 Å². The van der Waals surface area contributed by atoms with E-state index in [1.807, 2.05) is 18.2 Å². The van der Waals surface area contributed by atoms with Gasteiger partial charge in [0.1, 0.15) is 0 Å². The van der Waals surface area contributed by atoms with Gasteiger partial charge in [0.05, 0.1) is 5.69 Å². The number of nitrogens with zero attached hydrogens (tertiary/aromatic N) is 3. The van der Waals surface area contributed by atoms with Crippen molar-refractivity contribution in [3.05, 3.63) is 66.6 Å². The minimum absolute atomic E-state index is 0.172. The molecular formula is C23H25N7O2. The second-order valence-corrected chi connectivity index (χ2v) is 7.59. The second kappa shape index (κ2) is 10.3. The van der Waals surface area contributed by atoms with E-state index in [-0.39, 0.29) is 6.04 Å². The predicted octanol–water partition coefficient (Wildman–Crippen LogP) is 3.56. The first-order chi connectivity index (χ1) is 15.7. The molecule has 1 aliphatic rings. The number of benzene rings is 1. The quantitative estimate of drug-likeness (QED) is 0.459. The Morgan fingerprint density at radius 1 is 0.844 bits per heavy atom. The maximum atomic E-state index is 12.3. The van der Waals surface area contributed by atoms with Crippen LogP contribution in [0.15, 0.2) is 61.1 Å². The minimum atomic E-state index is -0.397. The molecule has 4 rings (SSSR count). The molecule has 2 aromatic heterocycles. The number of hydrogen-bond donors (Lipinski definition) is 4. The van der Waals surface area contributed by atoms with E-state index < -0.39 is 11.9 Å². The molecule has 0 radical (unpaired) electrons. The van der Waals surface area contributed by atoms with Crippen LogP contribution in [0.25, 0.3) is 11.3 Å². The van der Waals surface area contributed by atoms with Gasteiger partial charge in [-0.05, 0) is 55.3 Å². The van der Waals surface area contributed by atoms with Crippen molar-refractivity contribution in [1.82, 2.24) is 31.1 Å². The summed E-state index contributed by atoms with van der Waals surface area (Å²) in [5.41, 5.74) is 7.71. The number of carbonyl (C=O) groups excluding carboxylic acids is 2. The van der Waals surface area contributed by atoms with Gasteiger partial charge in [0.2, 0.25) is 5.95 Å². The van der Waals surface area contributed by atoms with Crippen molar-refractivity contribution < 1.29 is 9.59 Å². The number of amides is 3. The Labute approximate surface area is 186 Å². The number of nitrogens with one attached hydrogen (secondary N) is 4. The zero-order valence-electron chi connectivity index (χ0n) is 17.5. The summed E-state index contributed by atoms with van der Waals surface area (Å²) in [5, 5.41) is 6.01. The number of hydrazine groups is 1. The van der Waals surface area contributed by atoms with Gasteiger partial charge in [0.25, 0.3) is 5.91 Å². The maximum Gasteiger partial charge on any atom is 0.333 e. The summed E-state index contributed by atoms with van der Waals surface area (Å²) in [5.74, 6) is 0.0452. The van der Waals surface area contributed by atoms with Crippen LogP contribution in [0.4, 0.5) is 16.4 Å². The molecule has 32 heavy (non-hydrogen) atoms. The first-order valence-electron chi connectivity index (χ1n) is 10.6. The van der Waals surface area contributed by atoms with Crippen molar-refractivity contribution >= 4 is 23.6 Å². The Morgan fingerprint density at radius 3 is 2.34 bits per heavy atom. The second-order valence-electron chi connectivity index (χ2n) is 7.59. The van der Waals surface area contributed by atoms with Crippen LogP contribution < -0.4 is 21.5 Å². The predicted molar refractivity (Wildman–Crippen MR) is 121 cm³/mol. The van der Waals surface area contributed by atoms with Crippen LogP contribution in [-0.4, -0.2) is 32.9 Å². The van der Waals surface area contributed by atoms with E-state index in [9.17, 15) is 9.59 Å². The van der Waals surface area contributed by atoms with E-state index in [0.29, 0.717) is 11.5 Å². The summed E-state index contributed by atoms with van der Waals surface area (Å²) >= 11 is 0. The molecule has 9 heteroatoms. The molecule has 4 N–H and O–H groups in total. The topological polar surface area (TPSA) is 121 Å². The molecule has 1 aromatic carbocycles. The van der Waals surface area contributed by atoms with Crippen molar-refractivity contribution in [3.63, 3.8) is 0 Å². The van der Waals surface area contributed by atoms with E-state index in [4.69, 9.17) is 0 Å². The van der Waals surface area contributed by atoms with Crippen LogP contribution in [0.2, 0.25) is 0 Å². The highest BCUT2D eigenvalue weighted by Gasteiger charge is 2.16. The van der Waals surface area contributed by atoms with Gasteiger partial charge in [0.15, 0.2) is 0 Å². The van der Waals surface area contributed by atoms with Gasteiger partial charge in [-0.15, -0.1) is 0 Å². The van der Waals surface area contributed by atoms with Crippen molar-refractivity contribution in [2.24, 2.45) is 0 Å². The average molecular weight is 432 g/mol. The van der Waals surface area contributed by atoms with Crippen LogP contribution in [0.3, 0.4) is 0 Å². The molecule has 0 spiro atoms. The van der Waals surface area contributed by atoms with Gasteiger partial charge in [-0.3, -0.25) is 15.2 Å². The molecular weight excluding hydrogens is 406 g/mol. The number of anilines is 2. The van der Waals surface area contributed by atoms with E-state index in [0.717, 1.165) is 42.6 Å². The Bertz CT molecular complexity index is 1050. The number of aromatic nitrogens is 3. The Morgan fingerprint density at radius 2 is 1.59 bits per heavy atom. The lowest BCUT2D eigenvalue weighted by Crippen LogP contribution is -2.50. The third-order valence-corrected chi connectivity index (χ3v) is 5.26. The number of urea groups is 1. The third-order valence-electron chi connectivity index (χ3n) is 5.26. The zero-order valence-corrected chi connectivity index (χ0v) is 17.5. The zero-order chi connectivity index (χ0) is 22.2. The molecule has 0 atom stereocenters.